The lowest BCUT2D eigenvalue weighted by molar-refractivity contribution is 0.0694. The number of hydrogen-bond acceptors (Lipinski definition) is 3. The predicted octanol–water partition coefficient (Wildman–Crippen LogP) is 4.45. The number of carbonyl (C=O) groups is 1. The van der Waals surface area contributed by atoms with Crippen LogP contribution >= 0.6 is 11.6 Å². The highest BCUT2D eigenvalue weighted by atomic mass is 35.5. The molecule has 1 fully saturated rings. The summed E-state index contributed by atoms with van der Waals surface area (Å²) < 4.78 is 16.6. The summed E-state index contributed by atoms with van der Waals surface area (Å²) in [4.78, 5) is 25.9. The highest BCUT2D eigenvalue weighted by Crippen LogP contribution is 2.37. The first-order valence-electron chi connectivity index (χ1n) is 8.88. The molecule has 1 aromatic heterocycles. The van der Waals surface area contributed by atoms with Gasteiger partial charge in [0, 0.05) is 25.3 Å². The molecule has 26 heavy (non-hydrogen) atoms. The van der Waals surface area contributed by atoms with Crippen LogP contribution in [0, 0.1) is 5.82 Å². The van der Waals surface area contributed by atoms with Crippen molar-refractivity contribution in [2.24, 2.45) is 0 Å². The molecule has 0 amide bonds. The highest BCUT2D eigenvalue weighted by molar-refractivity contribution is 6.38. The number of aromatic carboxylic acids is 1. The molecule has 5 nitrogen and oxygen atoms in total. The van der Waals surface area contributed by atoms with Crippen LogP contribution < -0.4 is 10.3 Å². The molecule has 3 rings (SSSR count). The number of hydrogen-bond donors (Lipinski definition) is 1. The molecule has 7 heteroatoms. The number of anilines is 1. The molecule has 0 aliphatic carbocycles. The Bertz CT molecular complexity index is 915. The van der Waals surface area contributed by atoms with Crippen molar-refractivity contribution in [2.45, 2.75) is 45.6 Å². The fourth-order valence-electron chi connectivity index (χ4n) is 3.58. The summed E-state index contributed by atoms with van der Waals surface area (Å²) in [5.41, 5.74) is -0.410. The van der Waals surface area contributed by atoms with Gasteiger partial charge in [-0.1, -0.05) is 24.4 Å². The monoisotopic (exact) mass is 380 g/mol. The van der Waals surface area contributed by atoms with Crippen LogP contribution in [0.5, 0.6) is 0 Å². The van der Waals surface area contributed by atoms with E-state index < -0.39 is 17.2 Å². The van der Waals surface area contributed by atoms with Crippen LogP contribution in [0.2, 0.25) is 5.02 Å². The van der Waals surface area contributed by atoms with Gasteiger partial charge >= 0.3 is 5.97 Å². The van der Waals surface area contributed by atoms with Crippen molar-refractivity contribution in [1.29, 1.82) is 0 Å². The zero-order valence-corrected chi connectivity index (χ0v) is 15.6. The van der Waals surface area contributed by atoms with Crippen molar-refractivity contribution in [3.05, 3.63) is 38.9 Å². The summed E-state index contributed by atoms with van der Waals surface area (Å²) in [5.74, 6) is -1.92. The minimum absolute atomic E-state index is 0.000304. The molecule has 0 bridgehead atoms. The second-order valence-corrected chi connectivity index (χ2v) is 7.37. The summed E-state index contributed by atoms with van der Waals surface area (Å²) in [7, 11) is 0. The minimum Gasteiger partial charge on any atom is -0.477 e. The molecule has 1 N–H and O–H groups in total. The Balaban J connectivity index is 2.34. The summed E-state index contributed by atoms with van der Waals surface area (Å²) in [6.07, 6.45) is 5.42. The van der Waals surface area contributed by atoms with E-state index in [1.54, 1.807) is 4.57 Å². The van der Waals surface area contributed by atoms with Gasteiger partial charge in [0.05, 0.1) is 21.6 Å². The van der Waals surface area contributed by atoms with Crippen LogP contribution in [0.25, 0.3) is 10.9 Å². The first kappa shape index (κ1) is 18.7. The molecule has 0 spiro atoms. The number of carboxylic acids is 1. The minimum atomic E-state index is -1.33. The molecule has 2 aromatic rings. The summed E-state index contributed by atoms with van der Waals surface area (Å²) in [5, 5.41) is 9.48. The maximum Gasteiger partial charge on any atom is 0.341 e. The second kappa shape index (κ2) is 7.27. The molecule has 0 radical (unpaired) electrons. The molecule has 0 saturated carbocycles. The number of benzene rings is 1. The van der Waals surface area contributed by atoms with E-state index in [9.17, 15) is 19.1 Å². The molecule has 1 aliphatic rings. The van der Waals surface area contributed by atoms with Gasteiger partial charge in [-0.25, -0.2) is 9.18 Å². The molecule has 2 heterocycles. The van der Waals surface area contributed by atoms with Gasteiger partial charge in [-0.15, -0.1) is 0 Å². The second-order valence-electron chi connectivity index (χ2n) is 7.00. The van der Waals surface area contributed by atoms with Gasteiger partial charge in [0.1, 0.15) is 11.4 Å². The standard InChI is InChI=1S/C19H22ClFN2O3/c1-11(2)23-10-13(19(25)26)18(24)12-9-14(21)17(15(20)16(12)23)22-7-5-3-4-6-8-22/h9-11H,3-8H2,1-2H3,(H,25,26). The Hall–Kier alpha value is -2.08. The molecule has 0 unspecified atom stereocenters. The SMILES string of the molecule is CC(C)n1cc(C(=O)O)c(=O)c2cc(F)c(N3CCCCCC3)c(Cl)c21. The molecular weight excluding hydrogens is 359 g/mol. The Labute approximate surface area is 156 Å². The fraction of sp³-hybridized carbons (Fsp3) is 0.474. The van der Waals surface area contributed by atoms with Gasteiger partial charge in [-0.05, 0) is 32.8 Å². The third kappa shape index (κ3) is 3.18. The normalized spacial score (nSPS) is 15.5. The average Bonchev–Trinajstić information content (AvgIpc) is 2.84. The van der Waals surface area contributed by atoms with Crippen molar-refractivity contribution < 1.29 is 14.3 Å². The average molecular weight is 381 g/mol. The quantitative estimate of drug-likeness (QED) is 0.854. The summed E-state index contributed by atoms with van der Waals surface area (Å²) in [6, 6.07) is 0.992. The zero-order valence-electron chi connectivity index (χ0n) is 14.9. The Morgan fingerprint density at radius 1 is 1.23 bits per heavy atom. The number of carboxylic acid groups (broad SMARTS) is 1. The van der Waals surface area contributed by atoms with E-state index in [2.05, 4.69) is 0 Å². The van der Waals surface area contributed by atoms with E-state index in [1.807, 2.05) is 18.7 Å². The highest BCUT2D eigenvalue weighted by Gasteiger charge is 2.25. The van der Waals surface area contributed by atoms with Gasteiger partial charge in [0.25, 0.3) is 0 Å². The predicted molar refractivity (Wildman–Crippen MR) is 101 cm³/mol. The van der Waals surface area contributed by atoms with Crippen LogP contribution in [0.15, 0.2) is 17.1 Å². The Kier molecular flexibility index (Phi) is 5.23. The lowest BCUT2D eigenvalue weighted by Gasteiger charge is -2.26. The number of nitrogens with zero attached hydrogens (tertiary/aromatic N) is 2. The van der Waals surface area contributed by atoms with Crippen molar-refractivity contribution in [3.8, 4) is 0 Å². The first-order valence-corrected chi connectivity index (χ1v) is 9.25. The van der Waals surface area contributed by atoms with E-state index in [0.29, 0.717) is 24.3 Å². The van der Waals surface area contributed by atoms with Gasteiger partial charge < -0.3 is 14.6 Å². The summed E-state index contributed by atoms with van der Waals surface area (Å²) in [6.45, 7) is 5.14. The van der Waals surface area contributed by atoms with Crippen molar-refractivity contribution in [1.82, 2.24) is 4.57 Å². The van der Waals surface area contributed by atoms with Crippen LogP contribution in [-0.2, 0) is 0 Å². The molecule has 1 aliphatic heterocycles. The molecular formula is C19H22ClFN2O3. The van der Waals surface area contributed by atoms with E-state index in [0.717, 1.165) is 31.7 Å². The third-order valence-electron chi connectivity index (χ3n) is 4.89. The van der Waals surface area contributed by atoms with E-state index in [1.165, 1.54) is 6.20 Å². The van der Waals surface area contributed by atoms with Gasteiger partial charge in [-0.2, -0.15) is 0 Å². The van der Waals surface area contributed by atoms with Crippen molar-refractivity contribution in [3.63, 3.8) is 0 Å². The van der Waals surface area contributed by atoms with Gasteiger partial charge in [-0.3, -0.25) is 4.79 Å². The largest absolute Gasteiger partial charge is 0.477 e. The molecule has 0 atom stereocenters. The number of aromatic nitrogens is 1. The molecule has 1 saturated heterocycles. The van der Waals surface area contributed by atoms with Crippen LogP contribution in [0.4, 0.5) is 10.1 Å². The van der Waals surface area contributed by atoms with Gasteiger partial charge in [0.2, 0.25) is 5.43 Å². The van der Waals surface area contributed by atoms with Crippen molar-refractivity contribution in [2.75, 3.05) is 18.0 Å². The maximum absolute atomic E-state index is 14.9. The Morgan fingerprint density at radius 3 is 2.38 bits per heavy atom. The molecule has 140 valence electrons. The topological polar surface area (TPSA) is 62.5 Å². The van der Waals surface area contributed by atoms with Gasteiger partial charge in [0.15, 0.2) is 0 Å². The fourth-order valence-corrected chi connectivity index (χ4v) is 3.98. The first-order chi connectivity index (χ1) is 12.3. The lowest BCUT2D eigenvalue weighted by atomic mass is 10.1. The third-order valence-corrected chi connectivity index (χ3v) is 5.25. The smallest absolute Gasteiger partial charge is 0.341 e. The molecule has 1 aromatic carbocycles. The number of fused-ring (bicyclic) bond motifs is 1. The number of pyridine rings is 1. The lowest BCUT2D eigenvalue weighted by Crippen LogP contribution is -2.26. The maximum atomic E-state index is 14.9. The van der Waals surface area contributed by atoms with Crippen LogP contribution in [0.1, 0.15) is 55.9 Å². The van der Waals surface area contributed by atoms with Crippen LogP contribution in [-0.4, -0.2) is 28.7 Å². The number of rotatable bonds is 3. The summed E-state index contributed by atoms with van der Waals surface area (Å²) >= 11 is 6.60. The van der Waals surface area contributed by atoms with E-state index >= 15 is 0 Å². The zero-order chi connectivity index (χ0) is 19.0. The van der Waals surface area contributed by atoms with E-state index in [-0.39, 0.29) is 22.0 Å². The van der Waals surface area contributed by atoms with Crippen LogP contribution in [0.3, 0.4) is 0 Å². The number of halogens is 2. The van der Waals surface area contributed by atoms with Crippen molar-refractivity contribution >= 4 is 34.2 Å². The van der Waals surface area contributed by atoms with E-state index in [4.69, 9.17) is 11.6 Å². The Morgan fingerprint density at radius 2 is 1.85 bits per heavy atom.